The molecular weight excluding hydrogens is 446 g/mol. The molecule has 1 aromatic heterocycles. The average molecular weight is 476 g/mol. The van der Waals surface area contributed by atoms with Gasteiger partial charge in [0.15, 0.2) is 0 Å². The molecule has 4 rings (SSSR count). The van der Waals surface area contributed by atoms with E-state index >= 15 is 0 Å². The number of halogens is 1. The normalized spacial score (nSPS) is 12.9. The minimum atomic E-state index is -0.298. The van der Waals surface area contributed by atoms with Crippen LogP contribution in [0.3, 0.4) is 0 Å². The van der Waals surface area contributed by atoms with Crippen LogP contribution in [0, 0.1) is 0 Å². The van der Waals surface area contributed by atoms with Crippen LogP contribution in [0.4, 0.5) is 0 Å². The van der Waals surface area contributed by atoms with Crippen LogP contribution in [0.15, 0.2) is 72.8 Å². The topological polar surface area (TPSA) is 56.1 Å². The number of para-hydroxylation sites is 2. The Morgan fingerprint density at radius 2 is 1.82 bits per heavy atom. The second-order valence-corrected chi connectivity index (χ2v) is 8.98. The molecule has 1 heterocycles. The summed E-state index contributed by atoms with van der Waals surface area (Å²) in [4.78, 5) is 17.6. The summed E-state index contributed by atoms with van der Waals surface area (Å²) in [6.45, 7) is 7.47. The summed E-state index contributed by atoms with van der Waals surface area (Å²) in [5, 5.41) is 3.58. The van der Waals surface area contributed by atoms with E-state index < -0.39 is 0 Å². The molecule has 6 heteroatoms. The van der Waals surface area contributed by atoms with Gasteiger partial charge in [0.2, 0.25) is 0 Å². The third-order valence-electron chi connectivity index (χ3n) is 6.15. The highest BCUT2D eigenvalue weighted by Gasteiger charge is 2.19. The number of amides is 1. The molecule has 5 nitrogen and oxygen atoms in total. The van der Waals surface area contributed by atoms with E-state index in [1.807, 2.05) is 43.3 Å². The number of imidazole rings is 1. The maximum absolute atomic E-state index is 12.8. The summed E-state index contributed by atoms with van der Waals surface area (Å²) in [6, 6.07) is 22.9. The van der Waals surface area contributed by atoms with Crippen molar-refractivity contribution in [2.75, 3.05) is 6.61 Å². The van der Waals surface area contributed by atoms with Gasteiger partial charge in [0.1, 0.15) is 18.2 Å². The minimum Gasteiger partial charge on any atom is -0.492 e. The quantitative estimate of drug-likeness (QED) is 0.290. The number of hydrogen-bond donors (Lipinski definition) is 1. The molecule has 1 amide bonds. The van der Waals surface area contributed by atoms with Crippen molar-refractivity contribution in [3.8, 4) is 5.75 Å². The van der Waals surface area contributed by atoms with E-state index in [9.17, 15) is 4.79 Å². The molecule has 0 aliphatic heterocycles. The van der Waals surface area contributed by atoms with Crippen molar-refractivity contribution in [2.45, 2.75) is 45.7 Å². The molecule has 34 heavy (non-hydrogen) atoms. The SMILES string of the molecule is CCC(C)c1ccc(OCCn2c(C(C)NC(=O)c3cccc(Cl)c3)nc3ccccc32)cc1. The molecule has 2 unspecified atom stereocenters. The van der Waals surface area contributed by atoms with Crippen LogP contribution in [-0.4, -0.2) is 22.1 Å². The third-order valence-corrected chi connectivity index (χ3v) is 6.39. The van der Waals surface area contributed by atoms with Crippen molar-refractivity contribution in [3.05, 3.63) is 94.8 Å². The molecule has 0 aliphatic carbocycles. The van der Waals surface area contributed by atoms with Gasteiger partial charge in [-0.3, -0.25) is 4.79 Å². The Hall–Kier alpha value is -3.31. The molecule has 176 valence electrons. The van der Waals surface area contributed by atoms with Crippen LogP contribution in [0.5, 0.6) is 5.75 Å². The van der Waals surface area contributed by atoms with Crippen molar-refractivity contribution in [3.63, 3.8) is 0 Å². The van der Waals surface area contributed by atoms with Crippen LogP contribution >= 0.6 is 11.6 Å². The molecule has 0 bridgehead atoms. The molecule has 3 aromatic carbocycles. The van der Waals surface area contributed by atoms with Gasteiger partial charge in [-0.15, -0.1) is 0 Å². The lowest BCUT2D eigenvalue weighted by molar-refractivity contribution is 0.0937. The Kier molecular flexibility index (Phi) is 7.53. The number of hydrogen-bond acceptors (Lipinski definition) is 3. The van der Waals surface area contributed by atoms with E-state index in [-0.39, 0.29) is 11.9 Å². The summed E-state index contributed by atoms with van der Waals surface area (Å²) in [7, 11) is 0. The molecule has 0 fully saturated rings. The van der Waals surface area contributed by atoms with Gasteiger partial charge in [0, 0.05) is 10.6 Å². The van der Waals surface area contributed by atoms with Gasteiger partial charge in [0.05, 0.1) is 23.6 Å². The minimum absolute atomic E-state index is 0.189. The van der Waals surface area contributed by atoms with E-state index in [0.29, 0.717) is 29.7 Å². The van der Waals surface area contributed by atoms with Gasteiger partial charge in [-0.05, 0) is 67.3 Å². The Morgan fingerprint density at radius 1 is 1.06 bits per heavy atom. The first kappa shape index (κ1) is 23.8. The Morgan fingerprint density at radius 3 is 2.56 bits per heavy atom. The van der Waals surface area contributed by atoms with Gasteiger partial charge < -0.3 is 14.6 Å². The highest BCUT2D eigenvalue weighted by atomic mass is 35.5. The smallest absolute Gasteiger partial charge is 0.251 e. The number of ether oxygens (including phenoxy) is 1. The molecule has 2 atom stereocenters. The number of carbonyl (C=O) groups is 1. The fraction of sp³-hybridized carbons (Fsp3) is 0.286. The Labute approximate surface area is 205 Å². The predicted molar refractivity (Wildman–Crippen MR) is 138 cm³/mol. The fourth-order valence-corrected chi connectivity index (χ4v) is 4.21. The van der Waals surface area contributed by atoms with Gasteiger partial charge >= 0.3 is 0 Å². The monoisotopic (exact) mass is 475 g/mol. The average Bonchev–Trinajstić information content (AvgIpc) is 3.23. The molecular formula is C28H30ClN3O2. The number of aromatic nitrogens is 2. The van der Waals surface area contributed by atoms with E-state index in [1.165, 1.54) is 5.56 Å². The lowest BCUT2D eigenvalue weighted by Gasteiger charge is -2.17. The first-order valence-electron chi connectivity index (χ1n) is 11.7. The van der Waals surface area contributed by atoms with Crippen LogP contribution in [-0.2, 0) is 6.54 Å². The third kappa shape index (κ3) is 5.42. The zero-order valence-electron chi connectivity index (χ0n) is 19.8. The van der Waals surface area contributed by atoms with Gasteiger partial charge in [-0.2, -0.15) is 0 Å². The number of carbonyl (C=O) groups excluding carboxylic acids is 1. The van der Waals surface area contributed by atoms with Gasteiger partial charge in [0.25, 0.3) is 5.91 Å². The van der Waals surface area contributed by atoms with Crippen molar-refractivity contribution in [1.82, 2.24) is 14.9 Å². The highest BCUT2D eigenvalue weighted by Crippen LogP contribution is 2.23. The summed E-state index contributed by atoms with van der Waals surface area (Å²) in [5.74, 6) is 1.98. The first-order chi connectivity index (χ1) is 16.5. The molecule has 0 saturated carbocycles. The van der Waals surface area contributed by atoms with Gasteiger partial charge in [-0.25, -0.2) is 4.98 Å². The maximum atomic E-state index is 12.8. The predicted octanol–water partition coefficient (Wildman–Crippen LogP) is 6.77. The zero-order chi connectivity index (χ0) is 24.1. The fourth-order valence-electron chi connectivity index (χ4n) is 4.02. The van der Waals surface area contributed by atoms with Crippen molar-refractivity contribution >= 4 is 28.5 Å². The number of nitrogens with one attached hydrogen (secondary N) is 1. The summed E-state index contributed by atoms with van der Waals surface area (Å²) >= 11 is 6.05. The summed E-state index contributed by atoms with van der Waals surface area (Å²) in [5.41, 5.74) is 3.74. The molecule has 0 spiro atoms. The lowest BCUT2D eigenvalue weighted by atomic mass is 9.99. The standard InChI is InChI=1S/C28H30ClN3O2/c1-4-19(2)21-12-14-24(15-13-21)34-17-16-32-26-11-6-5-10-25(26)31-27(32)20(3)30-28(33)22-8-7-9-23(29)18-22/h5-15,18-20H,4,16-17H2,1-3H3,(H,30,33). The number of rotatable bonds is 9. The molecule has 1 N–H and O–H groups in total. The van der Waals surface area contributed by atoms with Crippen molar-refractivity contribution < 1.29 is 9.53 Å². The number of nitrogens with zero attached hydrogens (tertiary/aromatic N) is 2. The van der Waals surface area contributed by atoms with Crippen LogP contribution in [0.2, 0.25) is 5.02 Å². The first-order valence-corrected chi connectivity index (χ1v) is 12.1. The number of benzene rings is 3. The molecule has 0 radical (unpaired) electrons. The van der Waals surface area contributed by atoms with Crippen molar-refractivity contribution in [1.29, 1.82) is 0 Å². The van der Waals surface area contributed by atoms with Crippen LogP contribution in [0.25, 0.3) is 11.0 Å². The highest BCUT2D eigenvalue weighted by molar-refractivity contribution is 6.30. The van der Waals surface area contributed by atoms with Crippen LogP contribution < -0.4 is 10.1 Å². The lowest BCUT2D eigenvalue weighted by Crippen LogP contribution is -2.29. The summed E-state index contributed by atoms with van der Waals surface area (Å²) < 4.78 is 8.16. The van der Waals surface area contributed by atoms with E-state index in [1.54, 1.807) is 24.3 Å². The largest absolute Gasteiger partial charge is 0.492 e. The zero-order valence-corrected chi connectivity index (χ0v) is 20.5. The molecule has 0 saturated heterocycles. The molecule has 4 aromatic rings. The second-order valence-electron chi connectivity index (χ2n) is 8.54. The van der Waals surface area contributed by atoms with E-state index in [2.05, 4.69) is 35.9 Å². The van der Waals surface area contributed by atoms with Crippen molar-refractivity contribution in [2.24, 2.45) is 0 Å². The Bertz CT molecular complexity index is 1270. The summed E-state index contributed by atoms with van der Waals surface area (Å²) in [6.07, 6.45) is 1.11. The second kappa shape index (κ2) is 10.7. The van der Waals surface area contributed by atoms with Crippen LogP contribution in [0.1, 0.15) is 60.9 Å². The number of fused-ring (bicyclic) bond motifs is 1. The molecule has 0 aliphatic rings. The maximum Gasteiger partial charge on any atom is 0.251 e. The Balaban J connectivity index is 1.49. The van der Waals surface area contributed by atoms with Gasteiger partial charge in [-0.1, -0.05) is 55.8 Å². The van der Waals surface area contributed by atoms with E-state index in [4.69, 9.17) is 21.3 Å². The van der Waals surface area contributed by atoms with E-state index in [0.717, 1.165) is 29.0 Å².